The van der Waals surface area contributed by atoms with E-state index in [9.17, 15) is 14.7 Å². The molecule has 0 saturated carbocycles. The maximum absolute atomic E-state index is 13.4. The number of nitrogens with one attached hydrogen (secondary N) is 2. The van der Waals surface area contributed by atoms with Crippen molar-refractivity contribution in [1.82, 2.24) is 13.9 Å². The molecule has 11 nitrogen and oxygen atoms in total. The Labute approximate surface area is 217 Å². The molecular formula is C27H27N7O4. The van der Waals surface area contributed by atoms with Crippen LogP contribution in [0.2, 0.25) is 0 Å². The van der Waals surface area contributed by atoms with Gasteiger partial charge in [0.2, 0.25) is 0 Å². The number of aliphatic hydroxyl groups excluding tert-OH is 1. The first kappa shape index (κ1) is 23.9. The van der Waals surface area contributed by atoms with E-state index in [1.54, 1.807) is 18.5 Å². The standard InChI is InChI=1S/C27H27N7O4/c28-24-22-20(14-32(10-12-35)25(22)30-16-29-24)17-6-8-18(9-7-17)31-26(36)23-21-15-38-13-11-33(21)34(27(23)37)19-4-2-1-3-5-19/h1-9,14,16,24,35H,10-13,15,28H2,(H,29,30)(H,31,36). The van der Waals surface area contributed by atoms with Gasteiger partial charge in [0.05, 0.1) is 44.1 Å². The molecule has 0 spiro atoms. The van der Waals surface area contributed by atoms with Crippen molar-refractivity contribution in [2.75, 3.05) is 23.8 Å². The summed E-state index contributed by atoms with van der Waals surface area (Å²) in [5.74, 6) is 0.308. The van der Waals surface area contributed by atoms with Crippen LogP contribution in [0.25, 0.3) is 16.8 Å². The summed E-state index contributed by atoms with van der Waals surface area (Å²) in [6.45, 7) is 1.52. The number of hydrogen-bond donors (Lipinski definition) is 4. The fourth-order valence-electron chi connectivity index (χ4n) is 5.07. The third kappa shape index (κ3) is 4.02. The molecule has 0 fully saturated rings. The molecule has 0 radical (unpaired) electrons. The monoisotopic (exact) mass is 513 g/mol. The minimum atomic E-state index is -0.532. The zero-order valence-electron chi connectivity index (χ0n) is 20.5. The number of carbonyl (C=O) groups excluding carboxylic acids is 1. The van der Waals surface area contributed by atoms with Crippen LogP contribution in [0.3, 0.4) is 0 Å². The van der Waals surface area contributed by atoms with Crippen LogP contribution in [0.15, 0.2) is 70.6 Å². The average molecular weight is 514 g/mol. The van der Waals surface area contributed by atoms with Crippen molar-refractivity contribution < 1.29 is 14.6 Å². The van der Waals surface area contributed by atoms with E-state index in [1.807, 2.05) is 57.9 Å². The number of carbonyl (C=O) groups is 1. The fourth-order valence-corrected chi connectivity index (χ4v) is 5.07. The molecule has 0 bridgehead atoms. The van der Waals surface area contributed by atoms with Gasteiger partial charge in [-0.05, 0) is 29.8 Å². The Balaban J connectivity index is 1.30. The summed E-state index contributed by atoms with van der Waals surface area (Å²) in [7, 11) is 0. The number of benzene rings is 2. The summed E-state index contributed by atoms with van der Waals surface area (Å²) in [6.07, 6.45) is 2.95. The Morgan fingerprint density at radius 1 is 1.18 bits per heavy atom. The first-order valence-electron chi connectivity index (χ1n) is 12.3. The first-order chi connectivity index (χ1) is 18.6. The molecule has 38 heavy (non-hydrogen) atoms. The van der Waals surface area contributed by atoms with Crippen LogP contribution < -0.4 is 21.9 Å². The number of rotatable bonds is 6. The van der Waals surface area contributed by atoms with E-state index < -0.39 is 12.1 Å². The Morgan fingerprint density at radius 2 is 1.97 bits per heavy atom. The molecule has 0 saturated heterocycles. The first-order valence-corrected chi connectivity index (χ1v) is 12.3. The number of aliphatic imine (C=N–C) groups is 1. The van der Waals surface area contributed by atoms with Gasteiger partial charge >= 0.3 is 0 Å². The number of anilines is 2. The minimum Gasteiger partial charge on any atom is -0.395 e. The van der Waals surface area contributed by atoms with Crippen LogP contribution in [0, 0.1) is 0 Å². The van der Waals surface area contributed by atoms with Crippen molar-refractivity contribution in [1.29, 1.82) is 0 Å². The summed E-state index contributed by atoms with van der Waals surface area (Å²) in [5.41, 5.74) is 10.3. The van der Waals surface area contributed by atoms with Gasteiger partial charge in [-0.3, -0.25) is 19.3 Å². The summed E-state index contributed by atoms with van der Waals surface area (Å²) in [6, 6.07) is 16.6. The van der Waals surface area contributed by atoms with Crippen LogP contribution in [0.1, 0.15) is 27.8 Å². The molecule has 2 aliphatic rings. The fraction of sp³-hybridized carbons (Fsp3) is 0.222. The average Bonchev–Trinajstić information content (AvgIpc) is 3.45. The molecule has 1 unspecified atom stereocenters. The number of ether oxygens (including phenoxy) is 1. The molecule has 1 amide bonds. The van der Waals surface area contributed by atoms with E-state index in [1.165, 1.54) is 4.68 Å². The second-order valence-corrected chi connectivity index (χ2v) is 9.07. The molecule has 1 atom stereocenters. The van der Waals surface area contributed by atoms with Gasteiger partial charge in [0.1, 0.15) is 17.5 Å². The second-order valence-electron chi connectivity index (χ2n) is 9.07. The topological polar surface area (TPSA) is 141 Å². The molecule has 11 heteroatoms. The maximum atomic E-state index is 13.4. The van der Waals surface area contributed by atoms with Gasteiger partial charge in [-0.15, -0.1) is 0 Å². The summed E-state index contributed by atoms with van der Waals surface area (Å²) in [5, 5.41) is 15.4. The van der Waals surface area contributed by atoms with Gasteiger partial charge in [-0.1, -0.05) is 30.3 Å². The Morgan fingerprint density at radius 3 is 2.74 bits per heavy atom. The van der Waals surface area contributed by atoms with Gasteiger partial charge in [-0.2, -0.15) is 0 Å². The van der Waals surface area contributed by atoms with Crippen molar-refractivity contribution in [3.63, 3.8) is 0 Å². The highest BCUT2D eigenvalue weighted by Crippen LogP contribution is 2.37. The van der Waals surface area contributed by atoms with Crippen LogP contribution in [-0.4, -0.2) is 44.5 Å². The van der Waals surface area contributed by atoms with E-state index in [-0.39, 0.29) is 24.3 Å². The second kappa shape index (κ2) is 9.78. The predicted molar refractivity (Wildman–Crippen MR) is 144 cm³/mol. The Kier molecular flexibility index (Phi) is 6.16. The lowest BCUT2D eigenvalue weighted by molar-refractivity contribution is 0.0756. The highest BCUT2D eigenvalue weighted by atomic mass is 16.5. The smallest absolute Gasteiger partial charge is 0.284 e. The maximum Gasteiger partial charge on any atom is 0.284 e. The van der Waals surface area contributed by atoms with Crippen LogP contribution in [0.5, 0.6) is 0 Å². The van der Waals surface area contributed by atoms with E-state index in [2.05, 4.69) is 15.6 Å². The summed E-state index contributed by atoms with van der Waals surface area (Å²) >= 11 is 0. The molecule has 194 valence electrons. The number of aromatic nitrogens is 3. The van der Waals surface area contributed by atoms with Gasteiger partial charge in [0.25, 0.3) is 11.5 Å². The predicted octanol–water partition coefficient (Wildman–Crippen LogP) is 2.29. The van der Waals surface area contributed by atoms with Crippen LogP contribution in [0.4, 0.5) is 11.5 Å². The van der Waals surface area contributed by atoms with Crippen molar-refractivity contribution in [2.45, 2.75) is 25.9 Å². The van der Waals surface area contributed by atoms with Crippen LogP contribution in [-0.2, 0) is 24.4 Å². The number of nitrogens with zero attached hydrogens (tertiary/aromatic N) is 4. The van der Waals surface area contributed by atoms with E-state index in [0.29, 0.717) is 36.8 Å². The zero-order valence-corrected chi connectivity index (χ0v) is 20.5. The zero-order chi connectivity index (χ0) is 26.2. The van der Waals surface area contributed by atoms with E-state index in [4.69, 9.17) is 10.5 Å². The minimum absolute atomic E-state index is 0.0136. The third-order valence-corrected chi connectivity index (χ3v) is 6.81. The molecule has 5 N–H and O–H groups in total. The lowest BCUT2D eigenvalue weighted by atomic mass is 10.0. The van der Waals surface area contributed by atoms with Crippen molar-refractivity contribution in [3.8, 4) is 16.8 Å². The molecule has 6 rings (SSSR count). The van der Waals surface area contributed by atoms with Gasteiger partial charge in [-0.25, -0.2) is 4.68 Å². The Hall–Kier alpha value is -4.45. The van der Waals surface area contributed by atoms with Gasteiger partial charge in [0, 0.05) is 29.6 Å². The SMILES string of the molecule is NC1N=CNc2c1c(-c1ccc(NC(=O)c3c4n(n(-c5ccccc5)c3=O)CCOC4)cc1)cn2CCO. The van der Waals surface area contributed by atoms with Gasteiger partial charge < -0.3 is 30.8 Å². The highest BCUT2D eigenvalue weighted by molar-refractivity contribution is 6.05. The third-order valence-electron chi connectivity index (χ3n) is 6.81. The number of fused-ring (bicyclic) bond motifs is 2. The number of para-hydroxylation sites is 1. The summed E-state index contributed by atoms with van der Waals surface area (Å²) < 4.78 is 10.8. The molecule has 0 aliphatic carbocycles. The molecular weight excluding hydrogens is 486 g/mol. The van der Waals surface area contributed by atoms with Crippen molar-refractivity contribution in [2.24, 2.45) is 10.7 Å². The normalized spacial score (nSPS) is 16.0. The lowest BCUT2D eigenvalue weighted by Gasteiger charge is -2.19. The molecule has 4 aromatic rings. The van der Waals surface area contributed by atoms with E-state index >= 15 is 0 Å². The number of nitrogens with two attached hydrogens (primary N) is 1. The number of amides is 1. The molecule has 2 aliphatic heterocycles. The number of aliphatic hydroxyl groups is 1. The van der Waals surface area contributed by atoms with Crippen molar-refractivity contribution in [3.05, 3.63) is 88.0 Å². The molecule has 2 aromatic heterocycles. The largest absolute Gasteiger partial charge is 0.395 e. The highest BCUT2D eigenvalue weighted by Gasteiger charge is 2.28. The van der Waals surface area contributed by atoms with E-state index in [0.717, 1.165) is 22.5 Å². The van der Waals surface area contributed by atoms with Gasteiger partial charge in [0.15, 0.2) is 0 Å². The Bertz CT molecular complexity index is 1580. The number of hydrogen-bond acceptors (Lipinski definition) is 7. The summed E-state index contributed by atoms with van der Waals surface area (Å²) in [4.78, 5) is 31.0. The quantitative estimate of drug-likeness (QED) is 0.312. The van der Waals surface area contributed by atoms with Crippen molar-refractivity contribution >= 4 is 23.8 Å². The molecule has 4 heterocycles. The lowest BCUT2D eigenvalue weighted by Crippen LogP contribution is -2.26. The van der Waals surface area contributed by atoms with Crippen LogP contribution >= 0.6 is 0 Å². The molecule has 2 aromatic carbocycles.